The van der Waals surface area contributed by atoms with E-state index in [-0.39, 0.29) is 0 Å². The summed E-state index contributed by atoms with van der Waals surface area (Å²) in [5, 5.41) is 10.6. The van der Waals surface area contributed by atoms with Crippen molar-refractivity contribution in [2.24, 2.45) is 11.8 Å². The highest BCUT2D eigenvalue weighted by Crippen LogP contribution is 2.36. The molecule has 2 atom stereocenters. The molecule has 0 aromatic carbocycles. The lowest BCUT2D eigenvalue weighted by molar-refractivity contribution is -0.202. The lowest BCUT2D eigenvalue weighted by Crippen LogP contribution is -2.49. The molecule has 1 aliphatic heterocycles. The fourth-order valence-electron chi connectivity index (χ4n) is 1.38. The molecule has 1 amide bonds. The summed E-state index contributed by atoms with van der Waals surface area (Å²) in [6.07, 6.45) is -5.44. The first-order valence-corrected chi connectivity index (χ1v) is 3.88. The van der Waals surface area contributed by atoms with Crippen LogP contribution >= 0.6 is 0 Å². The number of aliphatic carboxylic acids is 1. The number of halogens is 3. The molecular weight excluding hydrogens is 203 g/mol. The molecule has 1 saturated heterocycles. The van der Waals surface area contributed by atoms with Crippen molar-refractivity contribution in [1.82, 2.24) is 5.32 Å². The van der Waals surface area contributed by atoms with E-state index in [4.69, 9.17) is 5.11 Å². The van der Waals surface area contributed by atoms with Crippen molar-refractivity contribution in [2.75, 3.05) is 6.54 Å². The van der Waals surface area contributed by atoms with Crippen LogP contribution in [0.15, 0.2) is 0 Å². The molecule has 0 saturated carbocycles. The maximum Gasteiger partial charge on any atom is 0.393 e. The number of piperidine rings is 1. The van der Waals surface area contributed by atoms with Crippen LogP contribution in [0.1, 0.15) is 6.42 Å². The van der Waals surface area contributed by atoms with Crippen LogP contribution in [0.2, 0.25) is 0 Å². The quantitative estimate of drug-likeness (QED) is 0.659. The smallest absolute Gasteiger partial charge is 0.393 e. The van der Waals surface area contributed by atoms with Crippen LogP contribution in [0, 0.1) is 11.8 Å². The topological polar surface area (TPSA) is 66.4 Å². The zero-order valence-electron chi connectivity index (χ0n) is 6.97. The fraction of sp³-hybridized carbons (Fsp3) is 0.714. The number of carboxylic acids is 1. The van der Waals surface area contributed by atoms with E-state index in [2.05, 4.69) is 5.32 Å². The molecule has 0 spiro atoms. The Labute approximate surface area is 77.1 Å². The van der Waals surface area contributed by atoms with Crippen molar-refractivity contribution < 1.29 is 27.9 Å². The Morgan fingerprint density at radius 1 is 1.50 bits per heavy atom. The molecule has 2 N–H and O–H groups in total. The Morgan fingerprint density at radius 2 is 2.07 bits per heavy atom. The Bertz CT molecular complexity index is 263. The van der Waals surface area contributed by atoms with Crippen LogP contribution in [-0.4, -0.2) is 29.7 Å². The van der Waals surface area contributed by atoms with E-state index in [1.54, 1.807) is 0 Å². The Morgan fingerprint density at radius 3 is 2.50 bits per heavy atom. The average molecular weight is 211 g/mol. The molecule has 1 fully saturated rings. The van der Waals surface area contributed by atoms with Crippen molar-refractivity contribution >= 4 is 11.9 Å². The van der Waals surface area contributed by atoms with Gasteiger partial charge < -0.3 is 10.4 Å². The van der Waals surface area contributed by atoms with Gasteiger partial charge in [0.05, 0.1) is 11.8 Å². The highest BCUT2D eigenvalue weighted by Gasteiger charge is 2.50. The number of carboxylic acid groups (broad SMARTS) is 1. The van der Waals surface area contributed by atoms with Crippen molar-refractivity contribution in [3.05, 3.63) is 0 Å². The number of carbonyl (C=O) groups excluding carboxylic acids is 1. The van der Waals surface area contributed by atoms with Crippen LogP contribution in [0.4, 0.5) is 13.2 Å². The lowest BCUT2D eigenvalue weighted by atomic mass is 9.85. The van der Waals surface area contributed by atoms with Gasteiger partial charge in [0.25, 0.3) is 0 Å². The molecule has 0 aliphatic carbocycles. The van der Waals surface area contributed by atoms with Gasteiger partial charge in [-0.15, -0.1) is 0 Å². The number of rotatable bonds is 1. The van der Waals surface area contributed by atoms with Gasteiger partial charge in [0.1, 0.15) is 0 Å². The van der Waals surface area contributed by atoms with Crippen molar-refractivity contribution in [3.63, 3.8) is 0 Å². The van der Waals surface area contributed by atoms with Gasteiger partial charge in [0.15, 0.2) is 0 Å². The summed E-state index contributed by atoms with van der Waals surface area (Å²) < 4.78 is 36.8. The largest absolute Gasteiger partial charge is 0.481 e. The minimum Gasteiger partial charge on any atom is -0.481 e. The van der Waals surface area contributed by atoms with Gasteiger partial charge in [0, 0.05) is 13.0 Å². The van der Waals surface area contributed by atoms with E-state index in [0.717, 1.165) is 0 Å². The van der Waals surface area contributed by atoms with E-state index in [9.17, 15) is 22.8 Å². The zero-order chi connectivity index (χ0) is 10.9. The van der Waals surface area contributed by atoms with Gasteiger partial charge in [-0.1, -0.05) is 0 Å². The molecule has 0 aromatic rings. The number of hydrogen-bond acceptors (Lipinski definition) is 2. The molecule has 1 heterocycles. The number of nitrogens with one attached hydrogen (secondary N) is 1. The third kappa shape index (κ3) is 2.15. The molecule has 0 radical (unpaired) electrons. The molecule has 0 aromatic heterocycles. The van der Waals surface area contributed by atoms with Gasteiger partial charge >= 0.3 is 12.1 Å². The summed E-state index contributed by atoms with van der Waals surface area (Å²) in [5.74, 6) is -5.95. The third-order valence-corrected chi connectivity index (χ3v) is 2.15. The van der Waals surface area contributed by atoms with Crippen molar-refractivity contribution in [2.45, 2.75) is 12.6 Å². The van der Waals surface area contributed by atoms with Gasteiger partial charge in [-0.2, -0.15) is 13.2 Å². The van der Waals surface area contributed by atoms with Gasteiger partial charge in [-0.3, -0.25) is 9.59 Å². The van der Waals surface area contributed by atoms with Crippen molar-refractivity contribution in [1.29, 1.82) is 0 Å². The molecule has 1 aliphatic rings. The molecule has 1 rings (SSSR count). The summed E-state index contributed by atoms with van der Waals surface area (Å²) >= 11 is 0. The van der Waals surface area contributed by atoms with E-state index in [1.165, 1.54) is 0 Å². The number of alkyl halides is 3. The first-order valence-electron chi connectivity index (χ1n) is 3.88. The maximum absolute atomic E-state index is 12.3. The summed E-state index contributed by atoms with van der Waals surface area (Å²) in [6, 6.07) is 0. The predicted molar refractivity (Wildman–Crippen MR) is 38.3 cm³/mol. The highest BCUT2D eigenvalue weighted by atomic mass is 19.4. The second-order valence-corrected chi connectivity index (χ2v) is 3.10. The molecule has 0 bridgehead atoms. The number of carbonyl (C=O) groups is 2. The molecule has 7 heteroatoms. The molecular formula is C7H8F3NO3. The summed E-state index contributed by atoms with van der Waals surface area (Å²) in [4.78, 5) is 21.2. The van der Waals surface area contributed by atoms with E-state index >= 15 is 0 Å². The van der Waals surface area contributed by atoms with E-state index in [1.807, 2.05) is 0 Å². The monoisotopic (exact) mass is 211 g/mol. The van der Waals surface area contributed by atoms with Crippen LogP contribution in [0.5, 0.6) is 0 Å². The predicted octanol–water partition coefficient (Wildman–Crippen LogP) is 0.386. The maximum atomic E-state index is 12.3. The average Bonchev–Trinajstić information content (AvgIpc) is 2.01. The van der Waals surface area contributed by atoms with Gasteiger partial charge in [-0.05, 0) is 0 Å². The normalized spacial score (nSPS) is 28.4. The van der Waals surface area contributed by atoms with E-state index < -0.39 is 42.9 Å². The number of hydrogen-bond donors (Lipinski definition) is 2. The Kier molecular flexibility index (Phi) is 2.68. The molecule has 80 valence electrons. The molecule has 14 heavy (non-hydrogen) atoms. The van der Waals surface area contributed by atoms with Crippen LogP contribution in [0.25, 0.3) is 0 Å². The zero-order valence-corrected chi connectivity index (χ0v) is 6.97. The summed E-state index contributed by atoms with van der Waals surface area (Å²) in [7, 11) is 0. The Hall–Kier alpha value is -1.27. The minimum atomic E-state index is -4.64. The van der Waals surface area contributed by atoms with Crippen LogP contribution < -0.4 is 5.32 Å². The summed E-state index contributed by atoms with van der Waals surface area (Å²) in [6.45, 7) is -0.460. The van der Waals surface area contributed by atoms with Crippen LogP contribution in [0.3, 0.4) is 0 Å². The lowest BCUT2D eigenvalue weighted by Gasteiger charge is -2.29. The molecule has 4 nitrogen and oxygen atoms in total. The Balaban J connectivity index is 2.84. The second kappa shape index (κ2) is 3.47. The number of amides is 1. The van der Waals surface area contributed by atoms with Gasteiger partial charge in [0.2, 0.25) is 5.91 Å². The van der Waals surface area contributed by atoms with Crippen molar-refractivity contribution in [3.8, 4) is 0 Å². The minimum absolute atomic E-state index is 0.460. The standard InChI is InChI=1S/C7H8F3NO3/c8-7(9,10)4-1-5(12)11-2-3(4)6(13)14/h3-4H,1-2H2,(H,11,12)(H,13,14)/t3-,4+/m0/s1. The highest BCUT2D eigenvalue weighted by molar-refractivity contribution is 5.81. The fourth-order valence-corrected chi connectivity index (χ4v) is 1.38. The van der Waals surface area contributed by atoms with Crippen LogP contribution in [-0.2, 0) is 9.59 Å². The first kappa shape index (κ1) is 10.8. The SMILES string of the molecule is O=C1C[C@@H](C(F)(F)F)[C@@H](C(=O)O)CN1. The van der Waals surface area contributed by atoms with Gasteiger partial charge in [-0.25, -0.2) is 0 Å². The van der Waals surface area contributed by atoms with E-state index in [0.29, 0.717) is 0 Å². The first-order chi connectivity index (χ1) is 6.32. The molecule has 0 unspecified atom stereocenters. The summed E-state index contributed by atoms with van der Waals surface area (Å²) in [5.41, 5.74) is 0. The second-order valence-electron chi connectivity index (χ2n) is 3.10. The third-order valence-electron chi connectivity index (χ3n) is 2.15.